The summed E-state index contributed by atoms with van der Waals surface area (Å²) in [6.45, 7) is 0. The van der Waals surface area contributed by atoms with Crippen LogP contribution in [0.2, 0.25) is 0 Å². The Morgan fingerprint density at radius 1 is 1.07 bits per heavy atom. The van der Waals surface area contributed by atoms with E-state index < -0.39 is 6.04 Å². The van der Waals surface area contributed by atoms with E-state index in [2.05, 4.69) is 16.0 Å². The number of pyridine rings is 1. The molecule has 4 aromatic rings. The number of likely N-dealkylation sites (N-methyl/N-ethyl adjacent to an activating group) is 1. The number of ether oxygens (including phenoxy) is 1. The van der Waals surface area contributed by atoms with Crippen LogP contribution in [-0.2, 0) is 4.79 Å². The van der Waals surface area contributed by atoms with Gasteiger partial charge in [0.15, 0.2) is 0 Å². The number of benzene rings is 2. The van der Waals surface area contributed by atoms with Crippen LogP contribution in [-0.4, -0.2) is 42.0 Å². The molecule has 0 radical (unpaired) electrons. The molecule has 1 atom stereocenters. The van der Waals surface area contributed by atoms with Crippen molar-refractivity contribution in [3.63, 3.8) is 0 Å². The number of hydrogen-bond acceptors (Lipinski definition) is 4. The molecule has 1 amide bonds. The number of carbonyl (C=O) groups is 1. The summed E-state index contributed by atoms with van der Waals surface area (Å²) in [5.74, 6) is 0.670. The van der Waals surface area contributed by atoms with Gasteiger partial charge in [0.25, 0.3) is 0 Å². The van der Waals surface area contributed by atoms with Gasteiger partial charge < -0.3 is 20.4 Å². The van der Waals surface area contributed by atoms with Crippen LogP contribution in [0.15, 0.2) is 67.0 Å². The molecule has 2 aromatic carbocycles. The predicted octanol–water partition coefficient (Wildman–Crippen LogP) is 3.99. The Morgan fingerprint density at radius 2 is 1.87 bits per heavy atom. The summed E-state index contributed by atoms with van der Waals surface area (Å²) in [5, 5.41) is 0.996. The zero-order chi connectivity index (χ0) is 21.3. The van der Waals surface area contributed by atoms with Crippen LogP contribution in [0, 0.1) is 0 Å². The number of fused-ring (bicyclic) bond motifs is 1. The molecular weight excluding hydrogens is 376 g/mol. The van der Waals surface area contributed by atoms with Gasteiger partial charge in [0.2, 0.25) is 5.91 Å². The van der Waals surface area contributed by atoms with Crippen molar-refractivity contribution in [3.05, 3.63) is 72.6 Å². The number of rotatable bonds is 5. The summed E-state index contributed by atoms with van der Waals surface area (Å²) in [7, 11) is 5.07. The van der Waals surface area contributed by atoms with E-state index in [1.807, 2.05) is 60.9 Å². The molecular formula is C24H24N4O2. The number of H-pyrrole nitrogens is 1. The topological polar surface area (TPSA) is 84.2 Å². The number of carbonyl (C=O) groups excluding carboxylic acids is 1. The normalized spacial score (nSPS) is 12.0. The van der Waals surface area contributed by atoms with Crippen LogP contribution < -0.4 is 10.5 Å². The second-order valence-electron chi connectivity index (χ2n) is 7.36. The lowest BCUT2D eigenvalue weighted by Crippen LogP contribution is -2.33. The largest absolute Gasteiger partial charge is 0.496 e. The Kier molecular flexibility index (Phi) is 5.25. The maximum absolute atomic E-state index is 12.3. The summed E-state index contributed by atoms with van der Waals surface area (Å²) in [6, 6.07) is 17.0. The van der Waals surface area contributed by atoms with E-state index in [0.717, 1.165) is 44.6 Å². The number of aromatic amines is 1. The van der Waals surface area contributed by atoms with Gasteiger partial charge >= 0.3 is 0 Å². The lowest BCUT2D eigenvalue weighted by molar-refractivity contribution is -0.130. The van der Waals surface area contributed by atoms with E-state index >= 15 is 0 Å². The van der Waals surface area contributed by atoms with Crippen molar-refractivity contribution >= 4 is 16.9 Å². The summed E-state index contributed by atoms with van der Waals surface area (Å²) in [4.78, 5) is 21.6. The van der Waals surface area contributed by atoms with E-state index in [-0.39, 0.29) is 5.91 Å². The lowest BCUT2D eigenvalue weighted by atomic mass is 9.98. The third-order valence-electron chi connectivity index (χ3n) is 5.21. The molecule has 3 N–H and O–H groups in total. The zero-order valence-electron chi connectivity index (χ0n) is 17.2. The first-order valence-electron chi connectivity index (χ1n) is 9.67. The van der Waals surface area contributed by atoms with E-state index in [1.165, 1.54) is 4.90 Å². The van der Waals surface area contributed by atoms with Crippen molar-refractivity contribution in [1.29, 1.82) is 0 Å². The fraction of sp³-hybridized carbons (Fsp3) is 0.167. The van der Waals surface area contributed by atoms with Gasteiger partial charge in [-0.15, -0.1) is 0 Å². The Labute approximate surface area is 175 Å². The molecule has 6 nitrogen and oxygen atoms in total. The van der Waals surface area contributed by atoms with Gasteiger partial charge in [-0.05, 0) is 29.3 Å². The standard InChI is InChI=1S/C24H24N4O2/c1-28(2)24(29)22(25)16-8-6-7-15(11-16)17-12-19-20(14-27-23(19)26-13-17)18-9-4-5-10-21(18)30-3/h4-14,22H,25H2,1-3H3,(H,26,27). The molecule has 0 fully saturated rings. The number of para-hydroxylation sites is 1. The van der Waals surface area contributed by atoms with Crippen molar-refractivity contribution in [2.45, 2.75) is 6.04 Å². The van der Waals surface area contributed by atoms with E-state index in [9.17, 15) is 4.79 Å². The minimum atomic E-state index is -0.701. The molecule has 4 rings (SSSR count). The Morgan fingerprint density at radius 3 is 2.63 bits per heavy atom. The van der Waals surface area contributed by atoms with E-state index in [4.69, 9.17) is 10.5 Å². The van der Waals surface area contributed by atoms with Crippen molar-refractivity contribution < 1.29 is 9.53 Å². The van der Waals surface area contributed by atoms with Gasteiger partial charge in [-0.2, -0.15) is 0 Å². The molecule has 0 aliphatic rings. The Balaban J connectivity index is 1.78. The third kappa shape index (κ3) is 3.53. The summed E-state index contributed by atoms with van der Waals surface area (Å²) < 4.78 is 5.53. The molecule has 6 heteroatoms. The van der Waals surface area contributed by atoms with Crippen LogP contribution in [0.1, 0.15) is 11.6 Å². The third-order valence-corrected chi connectivity index (χ3v) is 5.21. The highest BCUT2D eigenvalue weighted by molar-refractivity contribution is 5.97. The average molecular weight is 400 g/mol. The molecule has 0 saturated heterocycles. The molecule has 30 heavy (non-hydrogen) atoms. The fourth-order valence-electron chi connectivity index (χ4n) is 3.58. The lowest BCUT2D eigenvalue weighted by Gasteiger charge is -2.17. The quantitative estimate of drug-likeness (QED) is 0.530. The number of amides is 1. The van der Waals surface area contributed by atoms with Crippen molar-refractivity contribution in [3.8, 4) is 28.0 Å². The van der Waals surface area contributed by atoms with Crippen molar-refractivity contribution in [2.24, 2.45) is 5.73 Å². The fourth-order valence-corrected chi connectivity index (χ4v) is 3.58. The van der Waals surface area contributed by atoms with E-state index in [1.54, 1.807) is 21.2 Å². The second-order valence-corrected chi connectivity index (χ2v) is 7.36. The van der Waals surface area contributed by atoms with Gasteiger partial charge in [-0.3, -0.25) is 4.79 Å². The average Bonchev–Trinajstić information content (AvgIpc) is 3.21. The number of nitrogens with two attached hydrogens (primary N) is 1. The maximum atomic E-state index is 12.3. The smallest absolute Gasteiger partial charge is 0.243 e. The van der Waals surface area contributed by atoms with Gasteiger partial charge in [0.05, 0.1) is 7.11 Å². The van der Waals surface area contributed by atoms with Crippen LogP contribution in [0.3, 0.4) is 0 Å². The number of hydrogen-bond donors (Lipinski definition) is 2. The summed E-state index contributed by atoms with van der Waals surface area (Å²) >= 11 is 0. The van der Waals surface area contributed by atoms with Gasteiger partial charge in [0.1, 0.15) is 17.4 Å². The van der Waals surface area contributed by atoms with Gasteiger partial charge in [-0.25, -0.2) is 4.98 Å². The number of aromatic nitrogens is 2. The minimum Gasteiger partial charge on any atom is -0.496 e. The van der Waals surface area contributed by atoms with Crippen LogP contribution in [0.25, 0.3) is 33.3 Å². The van der Waals surface area contributed by atoms with Crippen LogP contribution >= 0.6 is 0 Å². The highest BCUT2D eigenvalue weighted by Crippen LogP contribution is 2.36. The Hall–Kier alpha value is -3.64. The number of nitrogens with one attached hydrogen (secondary N) is 1. The number of nitrogens with zero attached hydrogens (tertiary/aromatic N) is 2. The van der Waals surface area contributed by atoms with Crippen molar-refractivity contribution in [2.75, 3.05) is 21.2 Å². The molecule has 0 aliphatic heterocycles. The van der Waals surface area contributed by atoms with E-state index in [0.29, 0.717) is 0 Å². The summed E-state index contributed by atoms with van der Waals surface area (Å²) in [6.07, 6.45) is 3.77. The first kappa shape index (κ1) is 19.7. The maximum Gasteiger partial charge on any atom is 0.243 e. The predicted molar refractivity (Wildman–Crippen MR) is 119 cm³/mol. The second kappa shape index (κ2) is 8.00. The molecule has 2 heterocycles. The van der Waals surface area contributed by atoms with Gasteiger partial charge in [0, 0.05) is 48.6 Å². The first-order valence-corrected chi connectivity index (χ1v) is 9.67. The van der Waals surface area contributed by atoms with Gasteiger partial charge in [-0.1, -0.05) is 36.4 Å². The SMILES string of the molecule is COc1ccccc1-c1c[nH]c2ncc(-c3cccc(C(N)C(=O)N(C)C)c3)cc12. The molecule has 0 spiro atoms. The zero-order valence-corrected chi connectivity index (χ0v) is 17.2. The molecule has 1 unspecified atom stereocenters. The van der Waals surface area contributed by atoms with Crippen molar-refractivity contribution in [1.82, 2.24) is 14.9 Å². The number of methoxy groups -OCH3 is 1. The molecule has 0 saturated carbocycles. The van der Waals surface area contributed by atoms with Crippen LogP contribution in [0.5, 0.6) is 5.75 Å². The highest BCUT2D eigenvalue weighted by Gasteiger charge is 2.18. The Bertz CT molecular complexity index is 1210. The first-order chi connectivity index (χ1) is 14.5. The minimum absolute atomic E-state index is 0.134. The summed E-state index contributed by atoms with van der Waals surface area (Å²) in [5.41, 5.74) is 11.7. The monoisotopic (exact) mass is 400 g/mol. The highest BCUT2D eigenvalue weighted by atomic mass is 16.5. The molecule has 0 aliphatic carbocycles. The molecule has 152 valence electrons. The van der Waals surface area contributed by atoms with Crippen LogP contribution in [0.4, 0.5) is 0 Å². The molecule has 0 bridgehead atoms. The molecule has 2 aromatic heterocycles.